The van der Waals surface area contributed by atoms with Crippen molar-refractivity contribution in [2.75, 3.05) is 18.5 Å². The third-order valence-electron chi connectivity index (χ3n) is 5.31. The fraction of sp³-hybridized carbons (Fsp3) is 0.350. The van der Waals surface area contributed by atoms with Crippen LogP contribution in [0.5, 0.6) is 6.01 Å². The molecule has 2 saturated heterocycles. The number of aliphatic hydroxyl groups excluding tert-OH is 1. The average molecular weight is 429 g/mol. The van der Waals surface area contributed by atoms with Gasteiger partial charge in [0.15, 0.2) is 11.8 Å². The van der Waals surface area contributed by atoms with E-state index in [0.29, 0.717) is 5.52 Å². The molecule has 2 aliphatic heterocycles. The largest absolute Gasteiger partial charge is 0.456 e. The van der Waals surface area contributed by atoms with Crippen LogP contribution in [0.25, 0.3) is 11.2 Å². The molecule has 0 radical (unpaired) electrons. The average Bonchev–Trinajstić information content (AvgIpc) is 3.43. The Balaban J connectivity index is 1.37. The second-order valence-corrected chi connectivity index (χ2v) is 7.28. The maximum atomic E-state index is 13.9. The molecular formula is C20H17F2N5O4. The summed E-state index contributed by atoms with van der Waals surface area (Å²) < 4.78 is 44.6. The minimum absolute atomic E-state index is 0.141. The topological polar surface area (TPSA) is 125 Å². The third kappa shape index (κ3) is 3.54. The van der Waals surface area contributed by atoms with Crippen LogP contribution < -0.4 is 10.1 Å². The number of H-pyrrole nitrogens is 1. The summed E-state index contributed by atoms with van der Waals surface area (Å²) in [5.41, 5.74) is 0.727. The van der Waals surface area contributed by atoms with Gasteiger partial charge in [-0.05, 0) is 18.2 Å². The van der Waals surface area contributed by atoms with Gasteiger partial charge in [0.1, 0.15) is 41.8 Å². The number of nitriles is 1. The fourth-order valence-corrected chi connectivity index (χ4v) is 3.76. The summed E-state index contributed by atoms with van der Waals surface area (Å²) >= 11 is 0. The van der Waals surface area contributed by atoms with E-state index < -0.39 is 36.1 Å². The number of benzene rings is 1. The summed E-state index contributed by atoms with van der Waals surface area (Å²) in [6.07, 6.45) is -1.99. The molecule has 4 atom stereocenters. The van der Waals surface area contributed by atoms with Crippen LogP contribution in [0.4, 0.5) is 14.6 Å². The number of aliphatic hydroxyl groups is 1. The van der Waals surface area contributed by atoms with E-state index in [4.69, 9.17) is 14.2 Å². The molecule has 3 aromatic rings. The number of imidazole rings is 1. The molecule has 2 aromatic heterocycles. The molecule has 9 nitrogen and oxygen atoms in total. The highest BCUT2D eigenvalue weighted by molar-refractivity contribution is 5.77. The van der Waals surface area contributed by atoms with Crippen molar-refractivity contribution >= 4 is 17.0 Å². The van der Waals surface area contributed by atoms with E-state index in [2.05, 4.69) is 20.3 Å². The Morgan fingerprint density at radius 2 is 2.00 bits per heavy atom. The lowest BCUT2D eigenvalue weighted by Gasteiger charge is -2.15. The molecule has 5 rings (SSSR count). The standard InChI is InChI=1S/C20H17F2N5O4/c21-11-2-1-3-12(22)10(11)6-24-18-9(5-23)4-13-19(26-18)27-20(25-13)31-15-8-30-16-14(28)7-29-17(15)16/h1-4,14-17,28H,6-8H2,(H2,24,25,26,27)/t14-,15-,16-,17-/m1/s1. The molecule has 4 heterocycles. The zero-order valence-electron chi connectivity index (χ0n) is 16.0. The number of halogens is 2. The van der Waals surface area contributed by atoms with Crippen molar-refractivity contribution < 1.29 is 28.1 Å². The highest BCUT2D eigenvalue weighted by atomic mass is 19.1. The summed E-state index contributed by atoms with van der Waals surface area (Å²) in [4.78, 5) is 11.5. The second-order valence-electron chi connectivity index (χ2n) is 7.28. The fourth-order valence-electron chi connectivity index (χ4n) is 3.76. The van der Waals surface area contributed by atoms with E-state index in [9.17, 15) is 19.1 Å². The highest BCUT2D eigenvalue weighted by Gasteiger charge is 2.48. The van der Waals surface area contributed by atoms with Crippen molar-refractivity contribution in [1.29, 1.82) is 5.26 Å². The van der Waals surface area contributed by atoms with Gasteiger partial charge in [-0.15, -0.1) is 0 Å². The SMILES string of the molecule is N#Cc1cc2[nH]c(O[C@@H]3CO[C@H]4[C@@H]3OC[C@H]4O)nc2nc1NCc1c(F)cccc1F. The Bertz CT molecular complexity index is 1160. The van der Waals surface area contributed by atoms with Crippen molar-refractivity contribution in [2.24, 2.45) is 0 Å². The molecule has 31 heavy (non-hydrogen) atoms. The van der Waals surface area contributed by atoms with Gasteiger partial charge in [-0.25, -0.2) is 13.8 Å². The maximum Gasteiger partial charge on any atom is 0.296 e. The zero-order valence-corrected chi connectivity index (χ0v) is 16.0. The number of ether oxygens (including phenoxy) is 3. The molecule has 160 valence electrons. The Kier molecular flexibility index (Phi) is 4.90. The Morgan fingerprint density at radius 3 is 2.77 bits per heavy atom. The number of nitrogens with zero attached hydrogens (tertiary/aromatic N) is 3. The van der Waals surface area contributed by atoms with Gasteiger partial charge < -0.3 is 29.6 Å². The van der Waals surface area contributed by atoms with Gasteiger partial charge in [0.25, 0.3) is 6.01 Å². The van der Waals surface area contributed by atoms with Crippen molar-refractivity contribution in [3.63, 3.8) is 0 Å². The highest BCUT2D eigenvalue weighted by Crippen LogP contribution is 2.30. The lowest BCUT2D eigenvalue weighted by Crippen LogP contribution is -2.34. The van der Waals surface area contributed by atoms with E-state index in [1.165, 1.54) is 12.1 Å². The van der Waals surface area contributed by atoms with Crippen molar-refractivity contribution in [1.82, 2.24) is 15.0 Å². The van der Waals surface area contributed by atoms with Crippen molar-refractivity contribution in [3.05, 3.63) is 47.0 Å². The quantitative estimate of drug-likeness (QED) is 0.559. The molecular weight excluding hydrogens is 412 g/mol. The number of aromatic nitrogens is 3. The molecule has 0 spiro atoms. The summed E-state index contributed by atoms with van der Waals surface area (Å²) in [6.45, 7) is 0.225. The van der Waals surface area contributed by atoms with E-state index >= 15 is 0 Å². The van der Waals surface area contributed by atoms with Crippen LogP contribution in [-0.4, -0.2) is 57.7 Å². The van der Waals surface area contributed by atoms with Crippen LogP contribution in [-0.2, 0) is 16.0 Å². The first kappa shape index (κ1) is 19.6. The van der Waals surface area contributed by atoms with Crippen LogP contribution in [0.15, 0.2) is 24.3 Å². The summed E-state index contributed by atoms with van der Waals surface area (Å²) in [6, 6.07) is 7.27. The first-order valence-corrected chi connectivity index (χ1v) is 9.59. The maximum absolute atomic E-state index is 13.9. The first-order valence-electron chi connectivity index (χ1n) is 9.59. The Hall–Kier alpha value is -3.33. The lowest BCUT2D eigenvalue weighted by molar-refractivity contribution is 0.00706. The smallest absolute Gasteiger partial charge is 0.296 e. The number of anilines is 1. The minimum atomic E-state index is -0.695. The molecule has 0 amide bonds. The predicted octanol–water partition coefficient (Wildman–Crippen LogP) is 1.63. The molecule has 0 aliphatic carbocycles. The summed E-state index contributed by atoms with van der Waals surface area (Å²) in [5.74, 6) is -1.25. The molecule has 2 aliphatic rings. The van der Waals surface area contributed by atoms with Gasteiger partial charge in [0.05, 0.1) is 24.3 Å². The van der Waals surface area contributed by atoms with Gasteiger partial charge in [0, 0.05) is 12.1 Å². The monoisotopic (exact) mass is 429 g/mol. The predicted molar refractivity (Wildman–Crippen MR) is 102 cm³/mol. The van der Waals surface area contributed by atoms with E-state index in [1.807, 2.05) is 6.07 Å². The molecule has 1 aromatic carbocycles. The summed E-state index contributed by atoms with van der Waals surface area (Å²) in [7, 11) is 0. The van der Waals surface area contributed by atoms with E-state index in [-0.39, 0.29) is 48.4 Å². The number of fused-ring (bicyclic) bond motifs is 2. The molecule has 2 fully saturated rings. The van der Waals surface area contributed by atoms with Crippen LogP contribution in [0.1, 0.15) is 11.1 Å². The van der Waals surface area contributed by atoms with Crippen LogP contribution in [0.3, 0.4) is 0 Å². The van der Waals surface area contributed by atoms with E-state index in [0.717, 1.165) is 12.1 Å². The number of aromatic amines is 1. The third-order valence-corrected chi connectivity index (χ3v) is 5.31. The summed E-state index contributed by atoms with van der Waals surface area (Å²) in [5, 5.41) is 22.1. The number of hydrogen-bond donors (Lipinski definition) is 3. The number of hydrogen-bond acceptors (Lipinski definition) is 8. The van der Waals surface area contributed by atoms with Crippen LogP contribution in [0, 0.1) is 23.0 Å². The van der Waals surface area contributed by atoms with Crippen molar-refractivity contribution in [2.45, 2.75) is 31.0 Å². The van der Waals surface area contributed by atoms with Gasteiger partial charge in [-0.1, -0.05) is 6.07 Å². The number of nitrogens with one attached hydrogen (secondary N) is 2. The minimum Gasteiger partial charge on any atom is -0.456 e. The number of rotatable bonds is 5. The van der Waals surface area contributed by atoms with Gasteiger partial charge in [0.2, 0.25) is 0 Å². The molecule has 0 bridgehead atoms. The zero-order chi connectivity index (χ0) is 21.5. The molecule has 3 N–H and O–H groups in total. The Morgan fingerprint density at radius 1 is 1.23 bits per heavy atom. The van der Waals surface area contributed by atoms with Crippen molar-refractivity contribution in [3.8, 4) is 12.1 Å². The lowest BCUT2D eigenvalue weighted by atomic mass is 10.1. The van der Waals surface area contributed by atoms with Crippen LogP contribution >= 0.6 is 0 Å². The molecule has 11 heteroatoms. The molecule has 0 saturated carbocycles. The van der Waals surface area contributed by atoms with Gasteiger partial charge >= 0.3 is 0 Å². The molecule has 0 unspecified atom stereocenters. The first-order chi connectivity index (χ1) is 15.0. The van der Waals surface area contributed by atoms with Gasteiger partial charge in [-0.2, -0.15) is 10.2 Å². The normalized spacial score (nSPS) is 24.8. The van der Waals surface area contributed by atoms with Gasteiger partial charge in [-0.3, -0.25) is 0 Å². The van der Waals surface area contributed by atoms with Crippen LogP contribution in [0.2, 0.25) is 0 Å². The Labute approximate surface area is 174 Å². The number of pyridine rings is 1. The van der Waals surface area contributed by atoms with E-state index in [1.54, 1.807) is 0 Å². The second kappa shape index (κ2) is 7.73.